The fourth-order valence-electron chi connectivity index (χ4n) is 4.52. The molecule has 5 heteroatoms. The number of carbonyl (C=O) groups is 2. The molecule has 5 nitrogen and oxygen atoms in total. The summed E-state index contributed by atoms with van der Waals surface area (Å²) in [5.74, 6) is -0.0997. The highest BCUT2D eigenvalue weighted by molar-refractivity contribution is 6.02. The predicted molar refractivity (Wildman–Crippen MR) is 80.9 cm³/mol. The van der Waals surface area contributed by atoms with Crippen molar-refractivity contribution in [2.24, 2.45) is 11.8 Å². The first-order chi connectivity index (χ1) is 11.2. The summed E-state index contributed by atoms with van der Waals surface area (Å²) in [6, 6.07) is 7.92. The number of para-hydroxylation sites is 1. The van der Waals surface area contributed by atoms with Gasteiger partial charge in [-0.05, 0) is 18.9 Å². The van der Waals surface area contributed by atoms with Crippen LogP contribution >= 0.6 is 0 Å². The van der Waals surface area contributed by atoms with E-state index in [9.17, 15) is 9.59 Å². The Morgan fingerprint density at radius 3 is 2.30 bits per heavy atom. The summed E-state index contributed by atoms with van der Waals surface area (Å²) in [4.78, 5) is 24.7. The van der Waals surface area contributed by atoms with Gasteiger partial charge in [-0.15, -0.1) is 0 Å². The van der Waals surface area contributed by atoms with Gasteiger partial charge in [0.1, 0.15) is 11.9 Å². The largest absolute Gasteiger partial charge is 0.489 e. The van der Waals surface area contributed by atoms with Crippen LogP contribution in [0.4, 0.5) is 0 Å². The summed E-state index contributed by atoms with van der Waals surface area (Å²) >= 11 is 0. The van der Waals surface area contributed by atoms with E-state index in [-0.39, 0.29) is 23.9 Å². The van der Waals surface area contributed by atoms with Crippen molar-refractivity contribution < 1.29 is 23.8 Å². The molecule has 0 aromatic heterocycles. The summed E-state index contributed by atoms with van der Waals surface area (Å²) < 4.78 is 16.0. The minimum Gasteiger partial charge on any atom is -0.489 e. The van der Waals surface area contributed by atoms with E-state index in [0.717, 1.165) is 24.2 Å². The molecule has 0 unspecified atom stereocenters. The molecule has 5 rings (SSSR count). The molecule has 3 aliphatic carbocycles. The van der Waals surface area contributed by atoms with Gasteiger partial charge in [0.25, 0.3) is 0 Å². The second-order valence-corrected chi connectivity index (χ2v) is 6.25. The Morgan fingerprint density at radius 1 is 1.00 bits per heavy atom. The Morgan fingerprint density at radius 2 is 1.61 bits per heavy atom. The van der Waals surface area contributed by atoms with Gasteiger partial charge in [0.15, 0.2) is 0 Å². The van der Waals surface area contributed by atoms with E-state index >= 15 is 0 Å². The zero-order chi connectivity index (χ0) is 16.1. The fraction of sp³-hybridized carbons (Fsp3) is 0.444. The lowest BCUT2D eigenvalue weighted by atomic mass is 9.59. The Hall–Kier alpha value is -2.30. The van der Waals surface area contributed by atoms with Crippen molar-refractivity contribution in [1.82, 2.24) is 0 Å². The van der Waals surface area contributed by atoms with Crippen LogP contribution in [0.5, 0.6) is 5.75 Å². The molecule has 1 aromatic rings. The lowest BCUT2D eigenvalue weighted by Gasteiger charge is -2.45. The third kappa shape index (κ3) is 1.85. The number of hydrogen-bond acceptors (Lipinski definition) is 5. The van der Waals surface area contributed by atoms with Crippen LogP contribution in [0.3, 0.4) is 0 Å². The molecule has 0 amide bonds. The minimum absolute atomic E-state index is 0.0600. The average Bonchev–Trinajstić information content (AvgIpc) is 3.01. The molecule has 1 heterocycles. The smallest absolute Gasteiger partial charge is 0.334 e. The normalized spacial score (nSPS) is 30.3. The van der Waals surface area contributed by atoms with Gasteiger partial charge in [0, 0.05) is 23.3 Å². The van der Waals surface area contributed by atoms with Gasteiger partial charge in [0.2, 0.25) is 0 Å². The number of esters is 2. The number of hydrogen-bond donors (Lipinski definition) is 0. The molecule has 1 fully saturated rings. The zero-order valence-corrected chi connectivity index (χ0v) is 13.1. The Kier molecular flexibility index (Phi) is 3.18. The first kappa shape index (κ1) is 14.3. The first-order valence-electron chi connectivity index (χ1n) is 7.83. The lowest BCUT2D eigenvalue weighted by Crippen LogP contribution is -2.47. The van der Waals surface area contributed by atoms with E-state index in [1.807, 2.05) is 24.3 Å². The molecule has 0 radical (unpaired) electrons. The van der Waals surface area contributed by atoms with E-state index in [1.165, 1.54) is 14.2 Å². The van der Waals surface area contributed by atoms with Crippen LogP contribution < -0.4 is 4.74 Å². The Balaban J connectivity index is 1.87. The standard InChI is InChI=1S/C18H18O5/c1-21-17(19)14-10-7-8-11(15(14)18(20)22-2)16-13(10)9-5-3-4-6-12(9)23-16/h3-6,10-11,13,16H,7-8H2,1-2H3/t10-,11-,13-,16+/m1/s1. The van der Waals surface area contributed by atoms with Crippen molar-refractivity contribution in [2.45, 2.75) is 24.9 Å². The number of benzene rings is 1. The fourth-order valence-corrected chi connectivity index (χ4v) is 4.52. The molecule has 1 aromatic carbocycles. The van der Waals surface area contributed by atoms with E-state index in [1.54, 1.807) is 0 Å². The van der Waals surface area contributed by atoms with Crippen LogP contribution in [-0.2, 0) is 19.1 Å². The van der Waals surface area contributed by atoms with Crippen LogP contribution in [0, 0.1) is 11.8 Å². The number of fused-ring (bicyclic) bond motifs is 2. The topological polar surface area (TPSA) is 61.8 Å². The van der Waals surface area contributed by atoms with Gasteiger partial charge in [-0.2, -0.15) is 0 Å². The van der Waals surface area contributed by atoms with Gasteiger partial charge >= 0.3 is 11.9 Å². The molecule has 0 N–H and O–H groups in total. The van der Waals surface area contributed by atoms with Gasteiger partial charge in [0.05, 0.1) is 25.4 Å². The first-order valence-corrected chi connectivity index (χ1v) is 7.83. The van der Waals surface area contributed by atoms with Crippen LogP contribution in [0.1, 0.15) is 24.3 Å². The van der Waals surface area contributed by atoms with Crippen LogP contribution in [0.2, 0.25) is 0 Å². The molecule has 0 spiro atoms. The zero-order valence-electron chi connectivity index (χ0n) is 13.1. The SMILES string of the molecule is COC(=O)C1=C(C(=O)OC)[C@@H]2CC[C@H]1[C@@H]1Oc3ccccc3[C@@H]12. The summed E-state index contributed by atoms with van der Waals surface area (Å²) in [5.41, 5.74) is 2.05. The average molecular weight is 314 g/mol. The number of carbonyl (C=O) groups excluding carboxylic acids is 2. The van der Waals surface area contributed by atoms with Crippen LogP contribution in [0.15, 0.2) is 35.4 Å². The molecule has 120 valence electrons. The minimum atomic E-state index is -0.446. The quantitative estimate of drug-likeness (QED) is 0.783. The second-order valence-electron chi connectivity index (χ2n) is 6.25. The molecular weight excluding hydrogens is 296 g/mol. The molecule has 4 aliphatic rings. The molecule has 2 bridgehead atoms. The third-order valence-electron chi connectivity index (χ3n) is 5.36. The molecule has 4 atom stereocenters. The van der Waals surface area contributed by atoms with Gasteiger partial charge in [-0.3, -0.25) is 0 Å². The van der Waals surface area contributed by atoms with Crippen molar-refractivity contribution >= 4 is 11.9 Å². The lowest BCUT2D eigenvalue weighted by molar-refractivity contribution is -0.142. The monoisotopic (exact) mass is 314 g/mol. The summed E-state index contributed by atoms with van der Waals surface area (Å²) in [5, 5.41) is 0. The summed E-state index contributed by atoms with van der Waals surface area (Å²) in [6.45, 7) is 0. The maximum absolute atomic E-state index is 12.4. The Bertz CT molecular complexity index is 720. The van der Waals surface area contributed by atoms with Crippen molar-refractivity contribution in [3.05, 3.63) is 41.0 Å². The van der Waals surface area contributed by atoms with Crippen LogP contribution in [0.25, 0.3) is 0 Å². The highest BCUT2D eigenvalue weighted by Gasteiger charge is 2.56. The van der Waals surface area contributed by atoms with Crippen molar-refractivity contribution in [1.29, 1.82) is 0 Å². The number of rotatable bonds is 2. The molecular formula is C18H18O5. The van der Waals surface area contributed by atoms with E-state index < -0.39 is 11.9 Å². The maximum Gasteiger partial charge on any atom is 0.334 e. The van der Waals surface area contributed by atoms with Crippen molar-refractivity contribution in [3.8, 4) is 5.75 Å². The van der Waals surface area contributed by atoms with Crippen LogP contribution in [-0.4, -0.2) is 32.3 Å². The van der Waals surface area contributed by atoms with E-state index in [0.29, 0.717) is 11.1 Å². The van der Waals surface area contributed by atoms with Gasteiger partial charge < -0.3 is 14.2 Å². The molecule has 0 saturated heterocycles. The van der Waals surface area contributed by atoms with E-state index in [4.69, 9.17) is 14.2 Å². The third-order valence-corrected chi connectivity index (χ3v) is 5.36. The van der Waals surface area contributed by atoms with E-state index in [2.05, 4.69) is 0 Å². The number of ether oxygens (including phenoxy) is 3. The van der Waals surface area contributed by atoms with Crippen molar-refractivity contribution in [3.63, 3.8) is 0 Å². The second kappa shape index (κ2) is 5.11. The Labute approximate surface area is 134 Å². The van der Waals surface area contributed by atoms with Gasteiger partial charge in [-0.1, -0.05) is 18.2 Å². The maximum atomic E-state index is 12.4. The highest BCUT2D eigenvalue weighted by Crippen LogP contribution is 2.58. The highest BCUT2D eigenvalue weighted by atomic mass is 16.5. The van der Waals surface area contributed by atoms with Gasteiger partial charge in [-0.25, -0.2) is 9.59 Å². The predicted octanol–water partition coefficient (Wildman–Crippen LogP) is 2.21. The number of methoxy groups -OCH3 is 2. The van der Waals surface area contributed by atoms with Crippen molar-refractivity contribution in [2.75, 3.05) is 14.2 Å². The molecule has 1 aliphatic heterocycles. The molecule has 23 heavy (non-hydrogen) atoms. The summed E-state index contributed by atoms with van der Waals surface area (Å²) in [6.07, 6.45) is 1.58. The molecule has 1 saturated carbocycles. The summed E-state index contributed by atoms with van der Waals surface area (Å²) in [7, 11) is 2.69.